The summed E-state index contributed by atoms with van der Waals surface area (Å²) in [6.07, 6.45) is 0. The van der Waals surface area contributed by atoms with E-state index in [9.17, 15) is 4.39 Å². The fourth-order valence-electron chi connectivity index (χ4n) is 1.43. The van der Waals surface area contributed by atoms with Gasteiger partial charge < -0.3 is 0 Å². The van der Waals surface area contributed by atoms with Gasteiger partial charge in [0.1, 0.15) is 5.82 Å². The van der Waals surface area contributed by atoms with E-state index in [-0.39, 0.29) is 5.82 Å². The van der Waals surface area contributed by atoms with Gasteiger partial charge in [0.2, 0.25) is 0 Å². The van der Waals surface area contributed by atoms with E-state index in [0.29, 0.717) is 16.9 Å². The molecule has 1 nitrogen and oxygen atoms in total. The first-order valence-electron chi connectivity index (χ1n) is 5.16. The number of hydrogen-bond acceptors (Lipinski definition) is 2. The summed E-state index contributed by atoms with van der Waals surface area (Å²) in [5.74, 6) is 0.276. The summed E-state index contributed by atoms with van der Waals surface area (Å²) in [5, 5.41) is 8.76. The maximum atomic E-state index is 13.5. The molecule has 84 valence electrons. The molecule has 0 saturated heterocycles. The van der Waals surface area contributed by atoms with Crippen molar-refractivity contribution in [3.05, 3.63) is 65.5 Å². The lowest BCUT2D eigenvalue weighted by atomic mass is 10.1. The molecule has 0 N–H and O–H groups in total. The van der Waals surface area contributed by atoms with Gasteiger partial charge in [-0.15, -0.1) is 11.8 Å². The Morgan fingerprint density at radius 1 is 1.12 bits per heavy atom. The third kappa shape index (κ3) is 3.08. The average molecular weight is 243 g/mol. The molecule has 0 aliphatic carbocycles. The molecule has 0 unspecified atom stereocenters. The van der Waals surface area contributed by atoms with Crippen molar-refractivity contribution in [1.29, 1.82) is 5.26 Å². The molecule has 0 atom stereocenters. The summed E-state index contributed by atoms with van der Waals surface area (Å²) < 4.78 is 13.5. The Morgan fingerprint density at radius 3 is 2.59 bits per heavy atom. The molecule has 0 radical (unpaired) electrons. The van der Waals surface area contributed by atoms with Crippen LogP contribution in [0.25, 0.3) is 0 Å². The zero-order valence-electron chi connectivity index (χ0n) is 9.06. The normalized spacial score (nSPS) is 9.88. The topological polar surface area (TPSA) is 23.8 Å². The third-order valence-electron chi connectivity index (χ3n) is 2.31. The quantitative estimate of drug-likeness (QED) is 0.761. The molecule has 3 heteroatoms. The Kier molecular flexibility index (Phi) is 3.79. The first kappa shape index (κ1) is 11.7. The fourth-order valence-corrected chi connectivity index (χ4v) is 2.33. The largest absolute Gasteiger partial charge is 0.207 e. The number of hydrogen-bond donors (Lipinski definition) is 0. The van der Waals surface area contributed by atoms with E-state index in [1.165, 1.54) is 12.1 Å². The standard InChI is InChI=1S/C14H10FNS/c15-14-7-6-11(9-16)8-12(14)10-17-13-4-2-1-3-5-13/h1-8H,10H2. The van der Waals surface area contributed by atoms with Crippen LogP contribution in [-0.2, 0) is 5.75 Å². The van der Waals surface area contributed by atoms with Crippen LogP contribution in [0.1, 0.15) is 11.1 Å². The monoisotopic (exact) mass is 243 g/mol. The second-order valence-electron chi connectivity index (χ2n) is 3.52. The van der Waals surface area contributed by atoms with Crippen LogP contribution in [0, 0.1) is 17.1 Å². The molecule has 0 spiro atoms. The molecule has 17 heavy (non-hydrogen) atoms. The molecule has 0 bridgehead atoms. The zero-order valence-corrected chi connectivity index (χ0v) is 9.88. The summed E-state index contributed by atoms with van der Waals surface area (Å²) in [5.41, 5.74) is 1.06. The van der Waals surface area contributed by atoms with E-state index in [4.69, 9.17) is 5.26 Å². The number of benzene rings is 2. The summed E-state index contributed by atoms with van der Waals surface area (Å²) >= 11 is 1.56. The van der Waals surface area contributed by atoms with E-state index in [2.05, 4.69) is 0 Å². The number of halogens is 1. The molecular weight excluding hydrogens is 233 g/mol. The van der Waals surface area contributed by atoms with Gasteiger partial charge >= 0.3 is 0 Å². The first-order valence-corrected chi connectivity index (χ1v) is 6.14. The van der Waals surface area contributed by atoms with Gasteiger partial charge in [-0.3, -0.25) is 0 Å². The highest BCUT2D eigenvalue weighted by Gasteiger charge is 2.04. The molecule has 2 aromatic rings. The molecule has 2 rings (SSSR count). The predicted octanol–water partition coefficient (Wildman–Crippen LogP) is 3.99. The Labute approximate surface area is 104 Å². The van der Waals surface area contributed by atoms with Crippen molar-refractivity contribution in [2.24, 2.45) is 0 Å². The van der Waals surface area contributed by atoms with E-state index in [0.717, 1.165) is 4.90 Å². The van der Waals surface area contributed by atoms with Crippen LogP contribution in [-0.4, -0.2) is 0 Å². The average Bonchev–Trinajstić information content (AvgIpc) is 2.39. The van der Waals surface area contributed by atoms with Crippen LogP contribution in [0.3, 0.4) is 0 Å². The van der Waals surface area contributed by atoms with Gasteiger partial charge in [0, 0.05) is 10.6 Å². The Balaban J connectivity index is 2.12. The van der Waals surface area contributed by atoms with Crippen molar-refractivity contribution in [3.8, 4) is 6.07 Å². The first-order chi connectivity index (χ1) is 8.29. The maximum Gasteiger partial charge on any atom is 0.127 e. The highest BCUT2D eigenvalue weighted by atomic mass is 32.2. The molecule has 0 heterocycles. The van der Waals surface area contributed by atoms with Crippen LogP contribution in [0.5, 0.6) is 0 Å². The molecule has 0 fully saturated rings. The van der Waals surface area contributed by atoms with Crippen molar-refractivity contribution in [2.45, 2.75) is 10.6 Å². The van der Waals surface area contributed by atoms with Crippen molar-refractivity contribution in [1.82, 2.24) is 0 Å². The van der Waals surface area contributed by atoms with Gasteiger partial charge in [-0.1, -0.05) is 18.2 Å². The predicted molar refractivity (Wildman–Crippen MR) is 67.1 cm³/mol. The van der Waals surface area contributed by atoms with E-state index >= 15 is 0 Å². The fraction of sp³-hybridized carbons (Fsp3) is 0.0714. The maximum absolute atomic E-state index is 13.5. The minimum absolute atomic E-state index is 0.257. The van der Waals surface area contributed by atoms with Crippen molar-refractivity contribution >= 4 is 11.8 Å². The number of nitriles is 1. The number of rotatable bonds is 3. The molecule has 0 saturated carbocycles. The van der Waals surface area contributed by atoms with Crippen LogP contribution >= 0.6 is 11.8 Å². The van der Waals surface area contributed by atoms with Crippen LogP contribution in [0.4, 0.5) is 4.39 Å². The second-order valence-corrected chi connectivity index (χ2v) is 4.57. The van der Waals surface area contributed by atoms with Gasteiger partial charge in [-0.25, -0.2) is 4.39 Å². The summed E-state index contributed by atoms with van der Waals surface area (Å²) in [6.45, 7) is 0. The molecule has 0 aliphatic rings. The lowest BCUT2D eigenvalue weighted by Gasteiger charge is -2.03. The van der Waals surface area contributed by atoms with Crippen LogP contribution in [0.2, 0.25) is 0 Å². The smallest absolute Gasteiger partial charge is 0.127 e. The molecule has 2 aromatic carbocycles. The van der Waals surface area contributed by atoms with Gasteiger partial charge in [-0.05, 0) is 35.9 Å². The van der Waals surface area contributed by atoms with E-state index in [1.807, 2.05) is 36.4 Å². The SMILES string of the molecule is N#Cc1ccc(F)c(CSc2ccccc2)c1. The van der Waals surface area contributed by atoms with Gasteiger partial charge in [0.25, 0.3) is 0 Å². The minimum Gasteiger partial charge on any atom is -0.207 e. The Bertz CT molecular complexity index is 546. The highest BCUT2D eigenvalue weighted by molar-refractivity contribution is 7.98. The summed E-state index contributed by atoms with van der Waals surface area (Å²) in [7, 11) is 0. The Morgan fingerprint density at radius 2 is 1.88 bits per heavy atom. The van der Waals surface area contributed by atoms with E-state index < -0.39 is 0 Å². The third-order valence-corrected chi connectivity index (χ3v) is 3.37. The lowest BCUT2D eigenvalue weighted by molar-refractivity contribution is 0.617. The highest BCUT2D eigenvalue weighted by Crippen LogP contribution is 2.24. The zero-order chi connectivity index (χ0) is 12.1. The molecule has 0 amide bonds. The number of nitrogens with zero attached hydrogens (tertiary/aromatic N) is 1. The van der Waals surface area contributed by atoms with Crippen LogP contribution < -0.4 is 0 Å². The summed E-state index contributed by atoms with van der Waals surface area (Å²) in [4.78, 5) is 1.09. The van der Waals surface area contributed by atoms with Gasteiger partial charge in [-0.2, -0.15) is 5.26 Å². The number of thioether (sulfide) groups is 1. The summed E-state index contributed by atoms with van der Waals surface area (Å²) in [6, 6.07) is 16.3. The van der Waals surface area contributed by atoms with Crippen LogP contribution in [0.15, 0.2) is 53.4 Å². The van der Waals surface area contributed by atoms with E-state index in [1.54, 1.807) is 17.8 Å². The second kappa shape index (κ2) is 5.51. The van der Waals surface area contributed by atoms with Crippen molar-refractivity contribution in [3.63, 3.8) is 0 Å². The van der Waals surface area contributed by atoms with Gasteiger partial charge in [0.15, 0.2) is 0 Å². The van der Waals surface area contributed by atoms with Crippen molar-refractivity contribution in [2.75, 3.05) is 0 Å². The van der Waals surface area contributed by atoms with Gasteiger partial charge in [0.05, 0.1) is 11.6 Å². The molecular formula is C14H10FNS. The molecule has 0 aromatic heterocycles. The molecule has 0 aliphatic heterocycles. The lowest BCUT2D eigenvalue weighted by Crippen LogP contribution is -1.89. The minimum atomic E-state index is -0.257. The van der Waals surface area contributed by atoms with Crippen molar-refractivity contribution < 1.29 is 4.39 Å². The Hall–Kier alpha value is -1.79.